The van der Waals surface area contributed by atoms with Gasteiger partial charge in [0.25, 0.3) is 21.9 Å². The number of likely N-dealkylation sites (tertiary alicyclic amines) is 1. The molecule has 0 radical (unpaired) electrons. The van der Waals surface area contributed by atoms with Crippen molar-refractivity contribution in [2.45, 2.75) is 50.5 Å². The molecule has 2 heterocycles. The number of hydroxylamine groups is 1. The second-order valence-corrected chi connectivity index (χ2v) is 14.2. The van der Waals surface area contributed by atoms with Crippen molar-refractivity contribution in [3.8, 4) is 23.0 Å². The number of nitrogens with zero attached hydrogens (tertiary/aromatic N) is 3. The number of hydrogen-bond acceptors (Lipinski definition) is 12. The Bertz CT molecular complexity index is 2050. The first kappa shape index (κ1) is 39.4. The van der Waals surface area contributed by atoms with Crippen LogP contribution in [0.1, 0.15) is 54.9 Å². The number of amides is 3. The van der Waals surface area contributed by atoms with Gasteiger partial charge in [-0.05, 0) is 86.7 Å². The van der Waals surface area contributed by atoms with Crippen LogP contribution in [0.2, 0.25) is 0 Å². The van der Waals surface area contributed by atoms with Gasteiger partial charge in [-0.2, -0.15) is 13.5 Å². The van der Waals surface area contributed by atoms with Crippen LogP contribution in [0.4, 0.5) is 5.82 Å². The number of pyridine rings is 1. The van der Waals surface area contributed by atoms with Crippen LogP contribution in [0.5, 0.6) is 23.0 Å². The van der Waals surface area contributed by atoms with Crippen molar-refractivity contribution in [1.82, 2.24) is 20.7 Å². The minimum Gasteiger partial charge on any atom is -0.493 e. The second-order valence-electron chi connectivity index (χ2n) is 12.7. The summed E-state index contributed by atoms with van der Waals surface area (Å²) in [5, 5.41) is 16.4. The summed E-state index contributed by atoms with van der Waals surface area (Å²) in [5.74, 6) is 1.24. The molecule has 0 unspecified atom stereocenters. The highest BCUT2D eigenvalue weighted by atomic mass is 32.2. The number of benzene rings is 2. The highest BCUT2D eigenvalue weighted by Gasteiger charge is 2.47. The van der Waals surface area contributed by atoms with Gasteiger partial charge < -0.3 is 24.4 Å². The number of methoxy groups -OCH3 is 2. The number of hydrogen-bond donors (Lipinski definition) is 5. The first-order valence-electron chi connectivity index (χ1n) is 17.0. The van der Waals surface area contributed by atoms with E-state index in [1.807, 2.05) is 19.1 Å². The zero-order chi connectivity index (χ0) is 38.9. The molecule has 3 aromatic rings. The maximum Gasteiger partial charge on any atom is 0.294 e. The number of hydrazone groups is 1. The number of aromatic nitrogens is 1. The first-order chi connectivity index (χ1) is 25.9. The number of nitrogens with one attached hydrogen (secondary N) is 3. The average molecular weight is 763 g/mol. The molecule has 1 aliphatic heterocycles. The van der Waals surface area contributed by atoms with Gasteiger partial charge in [-0.1, -0.05) is 18.2 Å². The molecule has 1 aliphatic carbocycles. The minimum absolute atomic E-state index is 0.232. The Morgan fingerprint density at radius 3 is 2.44 bits per heavy atom. The Labute approximate surface area is 312 Å². The van der Waals surface area contributed by atoms with Crippen molar-refractivity contribution < 1.29 is 46.8 Å². The molecule has 2 atom stereocenters. The summed E-state index contributed by atoms with van der Waals surface area (Å²) in [4.78, 5) is 44.7. The smallest absolute Gasteiger partial charge is 0.294 e. The highest BCUT2D eigenvalue weighted by Crippen LogP contribution is 2.39. The predicted molar refractivity (Wildman–Crippen MR) is 198 cm³/mol. The van der Waals surface area contributed by atoms with Gasteiger partial charge >= 0.3 is 0 Å². The molecule has 0 bridgehead atoms. The fraction of sp³-hybridized carbons (Fsp3) is 0.324. The molecule has 17 heteroatoms. The summed E-state index contributed by atoms with van der Waals surface area (Å²) >= 11 is 0. The van der Waals surface area contributed by atoms with Crippen molar-refractivity contribution in [3.63, 3.8) is 0 Å². The molecular weight excluding hydrogens is 721 g/mol. The molecule has 3 amide bonds. The molecule has 1 fully saturated rings. The predicted octanol–water partition coefficient (Wildman–Crippen LogP) is 4.35. The number of anilines is 1. The number of allylic oxidation sites excluding steroid dienone is 3. The van der Waals surface area contributed by atoms with Gasteiger partial charge in [0.05, 0.1) is 35.8 Å². The van der Waals surface area contributed by atoms with Crippen LogP contribution in [-0.2, 0) is 25.1 Å². The Kier molecular flexibility index (Phi) is 12.7. The fourth-order valence-corrected chi connectivity index (χ4v) is 6.69. The molecule has 2 aromatic carbocycles. The Balaban J connectivity index is 1.10. The largest absolute Gasteiger partial charge is 0.493 e. The van der Waals surface area contributed by atoms with E-state index in [0.29, 0.717) is 78.9 Å². The third-order valence-corrected chi connectivity index (χ3v) is 10.1. The number of carbonyl (C=O) groups is 3. The van der Waals surface area contributed by atoms with Crippen molar-refractivity contribution in [1.29, 1.82) is 0 Å². The van der Waals surface area contributed by atoms with Crippen molar-refractivity contribution in [2.75, 3.05) is 32.7 Å². The van der Waals surface area contributed by atoms with E-state index < -0.39 is 27.5 Å². The normalized spacial score (nSPS) is 18.2. The monoisotopic (exact) mass is 762 g/mol. The lowest BCUT2D eigenvalue weighted by Crippen LogP contribution is -2.49. The molecule has 286 valence electrons. The zero-order valence-electron chi connectivity index (χ0n) is 29.9. The Hall–Kier alpha value is -5.78. The van der Waals surface area contributed by atoms with E-state index >= 15 is 0 Å². The highest BCUT2D eigenvalue weighted by molar-refractivity contribution is 7.90. The van der Waals surface area contributed by atoms with Gasteiger partial charge in [0, 0.05) is 31.8 Å². The summed E-state index contributed by atoms with van der Waals surface area (Å²) in [5.41, 5.74) is 4.92. The molecular formula is C37H42N6O10S. The molecule has 1 saturated heterocycles. The molecule has 5 rings (SSSR count). The number of unbranched alkanes of at least 4 members (excludes halogenated alkanes) is 1. The summed E-state index contributed by atoms with van der Waals surface area (Å²) in [7, 11) is -1.26. The van der Waals surface area contributed by atoms with Gasteiger partial charge in [0.15, 0.2) is 11.5 Å². The summed E-state index contributed by atoms with van der Waals surface area (Å²) in [6.45, 7) is 2.44. The number of rotatable bonds is 16. The molecule has 16 nitrogen and oxygen atoms in total. The van der Waals surface area contributed by atoms with E-state index in [1.54, 1.807) is 62.2 Å². The summed E-state index contributed by atoms with van der Waals surface area (Å²) < 4.78 is 48.5. The molecule has 0 saturated carbocycles. The van der Waals surface area contributed by atoms with Crippen molar-refractivity contribution in [3.05, 3.63) is 95.1 Å². The van der Waals surface area contributed by atoms with Gasteiger partial charge in [-0.3, -0.25) is 29.6 Å². The van der Waals surface area contributed by atoms with E-state index in [-0.39, 0.29) is 23.1 Å². The van der Waals surface area contributed by atoms with Crippen LogP contribution in [-0.4, -0.2) is 84.8 Å². The Morgan fingerprint density at radius 2 is 1.78 bits per heavy atom. The van der Waals surface area contributed by atoms with E-state index in [2.05, 4.69) is 20.8 Å². The van der Waals surface area contributed by atoms with Gasteiger partial charge in [-0.15, -0.1) is 0 Å². The van der Waals surface area contributed by atoms with Crippen LogP contribution in [0, 0.1) is 0 Å². The van der Waals surface area contributed by atoms with E-state index in [0.717, 1.165) is 5.56 Å². The first-order valence-corrected chi connectivity index (χ1v) is 18.5. The maximum atomic E-state index is 13.8. The van der Waals surface area contributed by atoms with Crippen LogP contribution in [0.15, 0.2) is 89.0 Å². The summed E-state index contributed by atoms with van der Waals surface area (Å²) in [6.07, 6.45) is 7.49. The minimum atomic E-state index is -4.36. The lowest BCUT2D eigenvalue weighted by molar-refractivity contribution is -0.144. The third-order valence-electron chi connectivity index (χ3n) is 9.20. The van der Waals surface area contributed by atoms with E-state index in [4.69, 9.17) is 14.2 Å². The van der Waals surface area contributed by atoms with Gasteiger partial charge in [0.2, 0.25) is 5.91 Å². The van der Waals surface area contributed by atoms with Crippen LogP contribution < -0.4 is 30.4 Å². The third kappa shape index (κ3) is 9.41. The molecule has 1 aromatic heterocycles. The molecule has 5 N–H and O–H groups in total. The van der Waals surface area contributed by atoms with Crippen LogP contribution in [0.25, 0.3) is 0 Å². The quantitative estimate of drug-likeness (QED) is 0.0596. The molecule has 54 heavy (non-hydrogen) atoms. The van der Waals surface area contributed by atoms with E-state index in [9.17, 15) is 32.6 Å². The molecule has 0 spiro atoms. The fourth-order valence-electron chi connectivity index (χ4n) is 6.14. The topological polar surface area (TPSA) is 218 Å². The molecule has 2 aliphatic rings. The summed E-state index contributed by atoms with van der Waals surface area (Å²) in [6, 6.07) is 14.6. The van der Waals surface area contributed by atoms with Crippen molar-refractivity contribution >= 4 is 39.4 Å². The zero-order valence-corrected chi connectivity index (χ0v) is 30.8. The lowest BCUT2D eigenvalue weighted by Gasteiger charge is -2.29. The van der Waals surface area contributed by atoms with Crippen LogP contribution in [0.3, 0.4) is 0 Å². The standard InChI is InChI=1S/C37H42N6O10S/c1-37(25-11-13-27(14-12-25)53-28-15-16-31(51-2)32(22-28)52-3)18-20-43(36(37)46)30(35(45)42-47)9-4-5-19-38-34(44)24-10-17-33(39-23-24)41-40-26-7-6-8-29(21-26)54(48,49)50/h6,8,10-17,21-23,30,47H,4-5,7,9,18-20H2,1-3H3,(H,38,44)(H,39,41)(H,42,45)(H,48,49,50)/t30-,37+/m1/s1. The lowest BCUT2D eigenvalue weighted by atomic mass is 9.81. The van der Waals surface area contributed by atoms with Crippen LogP contribution >= 0.6 is 0 Å². The van der Waals surface area contributed by atoms with E-state index in [1.165, 1.54) is 29.3 Å². The van der Waals surface area contributed by atoms with Gasteiger partial charge in [0.1, 0.15) is 23.4 Å². The van der Waals surface area contributed by atoms with Crippen molar-refractivity contribution in [2.24, 2.45) is 5.10 Å². The second kappa shape index (κ2) is 17.4. The maximum absolute atomic E-state index is 13.8. The average Bonchev–Trinajstić information content (AvgIpc) is 3.48. The SMILES string of the molecule is COc1ccc(Oc2ccc([C@]3(C)CCN([C@H](CCCCNC(=O)c4ccc(NN=C5C=C(S(=O)(=O)O)C=CC5)nc4)C(=O)NO)C3=O)cc2)cc1OC. The van der Waals surface area contributed by atoms with Gasteiger partial charge in [-0.25, -0.2) is 10.5 Å². The number of ether oxygens (including phenoxy) is 3. The number of carbonyl (C=O) groups excluding carboxylic acids is 3. The Morgan fingerprint density at radius 1 is 1.04 bits per heavy atom.